The lowest BCUT2D eigenvalue weighted by Crippen LogP contribution is -2.38. The number of rotatable bonds is 7. The van der Waals surface area contributed by atoms with Crippen LogP contribution in [0.4, 0.5) is 44.1 Å². The zero-order valence-electron chi connectivity index (χ0n) is 19.0. The van der Waals surface area contributed by atoms with Crippen molar-refractivity contribution in [2.45, 2.75) is 11.1 Å². The molecule has 3 aromatic rings. The second-order valence-electron chi connectivity index (χ2n) is 7.80. The SMILES string of the molecule is CS(=O)(=O)N(CC(F)(F)F)c1c(C#N)nn(-c2c(Cl)cc(S(F)(F)(F)(F)F)cc2Cl)c1/N=C/c1ccccc1. The van der Waals surface area contributed by atoms with E-state index in [2.05, 4.69) is 10.1 Å². The molecule has 0 aliphatic heterocycles. The average Bonchev–Trinajstić information content (AvgIpc) is 3.11. The molecule has 7 nitrogen and oxygen atoms in total. The number of hydrogen-bond acceptors (Lipinski definition) is 5. The molecule has 0 radical (unpaired) electrons. The highest BCUT2D eigenvalue weighted by Crippen LogP contribution is 3.02. The van der Waals surface area contributed by atoms with Crippen molar-refractivity contribution >= 4 is 61.2 Å². The van der Waals surface area contributed by atoms with Gasteiger partial charge >= 0.3 is 16.4 Å². The van der Waals surface area contributed by atoms with Crippen molar-refractivity contribution < 1.29 is 41.0 Å². The van der Waals surface area contributed by atoms with E-state index in [4.69, 9.17) is 23.2 Å². The van der Waals surface area contributed by atoms with E-state index < -0.39 is 70.8 Å². The van der Waals surface area contributed by atoms with Gasteiger partial charge in [-0.05, 0) is 17.7 Å². The molecule has 3 rings (SSSR count). The number of nitriles is 1. The fourth-order valence-electron chi connectivity index (χ4n) is 3.14. The van der Waals surface area contributed by atoms with E-state index in [0.29, 0.717) is 16.5 Å². The summed E-state index contributed by atoms with van der Waals surface area (Å²) in [7, 11) is -15.1. The van der Waals surface area contributed by atoms with Crippen molar-refractivity contribution in [3.05, 3.63) is 63.8 Å². The maximum absolute atomic E-state index is 13.4. The second-order valence-corrected chi connectivity index (χ2v) is 12.9. The Morgan fingerprint density at radius 3 is 2.08 bits per heavy atom. The van der Waals surface area contributed by atoms with Crippen LogP contribution in [0.5, 0.6) is 0 Å². The first kappa shape index (κ1) is 30.5. The van der Waals surface area contributed by atoms with Gasteiger partial charge in [-0.25, -0.2) is 18.1 Å². The van der Waals surface area contributed by atoms with Gasteiger partial charge in [-0.15, -0.1) is 0 Å². The van der Waals surface area contributed by atoms with Crippen LogP contribution in [0, 0.1) is 11.3 Å². The van der Waals surface area contributed by atoms with Gasteiger partial charge in [0.1, 0.15) is 28.9 Å². The lowest BCUT2D eigenvalue weighted by atomic mass is 10.2. The van der Waals surface area contributed by atoms with Crippen molar-refractivity contribution in [3.8, 4) is 11.8 Å². The van der Waals surface area contributed by atoms with Crippen LogP contribution >= 0.6 is 33.4 Å². The van der Waals surface area contributed by atoms with E-state index in [1.54, 1.807) is 18.2 Å². The number of hydrogen-bond donors (Lipinski definition) is 0. The summed E-state index contributed by atoms with van der Waals surface area (Å²) in [5.41, 5.74) is -2.49. The molecule has 0 N–H and O–H groups in total. The molecule has 0 aliphatic carbocycles. The normalized spacial score (nSPS) is 14.6. The van der Waals surface area contributed by atoms with Crippen LogP contribution in [-0.2, 0) is 10.0 Å². The van der Waals surface area contributed by atoms with Crippen LogP contribution in [0.2, 0.25) is 10.0 Å². The molecule has 2 aromatic carbocycles. The van der Waals surface area contributed by atoms with Crippen molar-refractivity contribution in [2.24, 2.45) is 4.99 Å². The Morgan fingerprint density at radius 1 is 1.10 bits per heavy atom. The number of aromatic nitrogens is 2. The second kappa shape index (κ2) is 9.25. The Bertz CT molecular complexity index is 1600. The minimum Gasteiger partial charge on any atom is -0.254 e. The Hall–Kier alpha value is -3.07. The molecule has 0 unspecified atom stereocenters. The molecule has 0 amide bonds. The fourth-order valence-corrected chi connectivity index (χ4v) is 5.48. The van der Waals surface area contributed by atoms with Gasteiger partial charge in [-0.3, -0.25) is 4.31 Å². The summed E-state index contributed by atoms with van der Waals surface area (Å²) < 4.78 is 132. The largest absolute Gasteiger partial charge is 0.407 e. The number of aliphatic imine (C=N–C) groups is 1. The average molecular weight is 642 g/mol. The molecule has 1 aromatic heterocycles. The summed E-state index contributed by atoms with van der Waals surface area (Å²) in [6.07, 6.45) is -3.74. The van der Waals surface area contributed by atoms with Crippen molar-refractivity contribution in [1.82, 2.24) is 9.78 Å². The highest BCUT2D eigenvalue weighted by Gasteiger charge is 2.65. The van der Waals surface area contributed by atoms with E-state index in [1.165, 1.54) is 18.2 Å². The van der Waals surface area contributed by atoms with Crippen LogP contribution in [0.25, 0.3) is 5.69 Å². The third-order valence-electron chi connectivity index (χ3n) is 4.70. The van der Waals surface area contributed by atoms with Crippen LogP contribution in [0.1, 0.15) is 11.3 Å². The van der Waals surface area contributed by atoms with Gasteiger partial charge in [0.05, 0.1) is 16.3 Å². The van der Waals surface area contributed by atoms with Gasteiger partial charge < -0.3 is 0 Å². The highest BCUT2D eigenvalue weighted by atomic mass is 35.5. The Kier molecular flexibility index (Phi) is 7.23. The number of anilines is 1. The minimum absolute atomic E-state index is 0.188. The first-order valence-corrected chi connectivity index (χ1v) is 14.5. The van der Waals surface area contributed by atoms with Crippen LogP contribution in [0.3, 0.4) is 0 Å². The van der Waals surface area contributed by atoms with Crippen LogP contribution in [-0.4, -0.2) is 43.4 Å². The summed E-state index contributed by atoms with van der Waals surface area (Å²) in [6, 6.07) is 8.65. The third kappa shape index (κ3) is 7.12. The molecule has 212 valence electrons. The monoisotopic (exact) mass is 641 g/mol. The summed E-state index contributed by atoms with van der Waals surface area (Å²) in [6.45, 7) is -2.15. The Balaban J connectivity index is 2.43. The van der Waals surface area contributed by atoms with Gasteiger partial charge in [0, 0.05) is 6.21 Å². The molecule has 0 saturated carbocycles. The lowest BCUT2D eigenvalue weighted by Gasteiger charge is -2.40. The fraction of sp³-hybridized carbons (Fsp3) is 0.150. The van der Waals surface area contributed by atoms with E-state index in [1.807, 2.05) is 0 Å². The molecule has 0 spiro atoms. The predicted molar refractivity (Wildman–Crippen MR) is 132 cm³/mol. The van der Waals surface area contributed by atoms with E-state index in [-0.39, 0.29) is 16.4 Å². The van der Waals surface area contributed by atoms with Gasteiger partial charge in [-0.2, -0.15) is 23.5 Å². The van der Waals surface area contributed by atoms with Crippen molar-refractivity contribution in [1.29, 1.82) is 5.26 Å². The highest BCUT2D eigenvalue weighted by molar-refractivity contribution is 8.45. The van der Waals surface area contributed by atoms with Gasteiger partial charge in [0.15, 0.2) is 11.5 Å². The minimum atomic E-state index is -10.3. The topological polar surface area (TPSA) is 91.4 Å². The number of halogens is 10. The molecule has 0 saturated heterocycles. The number of benzene rings is 2. The quantitative estimate of drug-likeness (QED) is 0.194. The molecule has 39 heavy (non-hydrogen) atoms. The van der Waals surface area contributed by atoms with Gasteiger partial charge in [0.25, 0.3) is 0 Å². The third-order valence-corrected chi connectivity index (χ3v) is 7.51. The van der Waals surface area contributed by atoms with E-state index >= 15 is 0 Å². The first-order valence-electron chi connectivity index (χ1n) is 9.92. The molecule has 19 heteroatoms. The lowest BCUT2D eigenvalue weighted by molar-refractivity contribution is -0.117. The van der Waals surface area contributed by atoms with Crippen LogP contribution in [0.15, 0.2) is 52.4 Å². The molecule has 1 heterocycles. The zero-order valence-corrected chi connectivity index (χ0v) is 22.1. The number of alkyl halides is 3. The summed E-state index contributed by atoms with van der Waals surface area (Å²) >= 11 is 11.7. The van der Waals surface area contributed by atoms with E-state index in [0.717, 1.165) is 6.21 Å². The molecule has 0 atom stereocenters. The summed E-state index contributed by atoms with van der Waals surface area (Å²) in [4.78, 5) is 1.46. The summed E-state index contributed by atoms with van der Waals surface area (Å²) in [5, 5.41) is 11.0. The Labute approximate surface area is 225 Å². The van der Waals surface area contributed by atoms with E-state index in [9.17, 15) is 46.3 Å². The van der Waals surface area contributed by atoms with Gasteiger partial charge in [-0.1, -0.05) is 73.0 Å². The maximum atomic E-state index is 13.4. The number of nitrogens with zero attached hydrogens (tertiary/aromatic N) is 5. The van der Waals surface area contributed by atoms with Crippen LogP contribution < -0.4 is 4.31 Å². The number of sulfonamides is 1. The molecular formula is C20H13Cl2F8N5O2S2. The maximum Gasteiger partial charge on any atom is 0.407 e. The summed E-state index contributed by atoms with van der Waals surface area (Å²) in [5.74, 6) is -0.839. The zero-order chi connectivity index (χ0) is 29.7. The smallest absolute Gasteiger partial charge is 0.254 e. The van der Waals surface area contributed by atoms with Crippen molar-refractivity contribution in [3.63, 3.8) is 0 Å². The first-order chi connectivity index (χ1) is 17.5. The molecular weight excluding hydrogens is 629 g/mol. The standard InChI is InChI=1S/C20H13Cl2F8N5O2S2/c1-38(36,37)34(11-20(23,24)25)18-16(9-31)33-35(19(18)32-10-12-5-3-2-4-6-12)17-14(21)7-13(8-15(17)22)39(26,27,28,29)30/h2-8,10H,11H2,1H3/b32-10+. The molecule has 0 aliphatic rings. The predicted octanol–water partition coefficient (Wildman–Crippen LogP) is 7.79. The van der Waals surface area contributed by atoms with Gasteiger partial charge in [0.2, 0.25) is 10.0 Å². The molecule has 0 bridgehead atoms. The Morgan fingerprint density at radius 2 is 1.64 bits per heavy atom. The van der Waals surface area contributed by atoms with Crippen molar-refractivity contribution in [2.75, 3.05) is 17.1 Å². The molecule has 0 fully saturated rings.